The van der Waals surface area contributed by atoms with Gasteiger partial charge < -0.3 is 9.64 Å². The number of ether oxygens (including phenoxy) is 1. The number of aryl methyl sites for hydroxylation is 1. The maximum atomic E-state index is 5.38. The zero-order valence-electron chi connectivity index (χ0n) is 12.5. The second-order valence-corrected chi connectivity index (χ2v) is 4.66. The molecule has 0 bridgehead atoms. The van der Waals surface area contributed by atoms with Crippen molar-refractivity contribution in [3.63, 3.8) is 0 Å². The van der Waals surface area contributed by atoms with Crippen molar-refractivity contribution >= 4 is 11.9 Å². The molecule has 0 fully saturated rings. The molecule has 112 valence electrons. The third-order valence-electron chi connectivity index (χ3n) is 2.89. The second-order valence-electron chi connectivity index (χ2n) is 4.66. The van der Waals surface area contributed by atoms with E-state index in [1.54, 1.807) is 0 Å². The number of nitrogen functional groups attached to an aromatic ring is 1. The number of nitrogens with one attached hydrogen (secondary N) is 1. The van der Waals surface area contributed by atoms with Crippen molar-refractivity contribution in [2.75, 3.05) is 24.0 Å². The summed E-state index contributed by atoms with van der Waals surface area (Å²) in [7, 11) is 1.91. The van der Waals surface area contributed by atoms with Gasteiger partial charge in [-0.3, -0.25) is 5.43 Å². The van der Waals surface area contributed by atoms with E-state index in [9.17, 15) is 0 Å². The first-order valence-corrected chi connectivity index (χ1v) is 6.74. The molecule has 3 N–H and O–H groups in total. The van der Waals surface area contributed by atoms with E-state index in [1.165, 1.54) is 11.1 Å². The third-order valence-corrected chi connectivity index (χ3v) is 2.89. The summed E-state index contributed by atoms with van der Waals surface area (Å²) in [6, 6.07) is 8.58. The molecular formula is C14H20N6O. The predicted molar refractivity (Wildman–Crippen MR) is 82.1 cm³/mol. The molecule has 0 aliphatic heterocycles. The summed E-state index contributed by atoms with van der Waals surface area (Å²) in [6.07, 6.45) is 0. The molecule has 7 nitrogen and oxygen atoms in total. The van der Waals surface area contributed by atoms with Crippen LogP contribution >= 0.6 is 0 Å². The highest BCUT2D eigenvalue weighted by Crippen LogP contribution is 2.16. The van der Waals surface area contributed by atoms with Crippen LogP contribution in [-0.2, 0) is 6.54 Å². The maximum Gasteiger partial charge on any atom is 0.323 e. The van der Waals surface area contributed by atoms with E-state index in [0.29, 0.717) is 19.1 Å². The predicted octanol–water partition coefficient (Wildman–Crippen LogP) is 1.50. The lowest BCUT2D eigenvalue weighted by atomic mass is 10.1. The number of rotatable bonds is 6. The van der Waals surface area contributed by atoms with Crippen LogP contribution in [-0.4, -0.2) is 28.6 Å². The fraction of sp³-hybridized carbons (Fsp3) is 0.357. The first-order valence-electron chi connectivity index (χ1n) is 6.74. The van der Waals surface area contributed by atoms with Crippen molar-refractivity contribution in [2.24, 2.45) is 5.84 Å². The quantitative estimate of drug-likeness (QED) is 0.615. The van der Waals surface area contributed by atoms with Crippen molar-refractivity contribution in [3.05, 3.63) is 35.4 Å². The minimum Gasteiger partial charge on any atom is -0.464 e. The van der Waals surface area contributed by atoms with E-state index in [1.807, 2.05) is 18.9 Å². The van der Waals surface area contributed by atoms with E-state index in [0.717, 1.165) is 0 Å². The van der Waals surface area contributed by atoms with Crippen LogP contribution in [0.15, 0.2) is 24.3 Å². The van der Waals surface area contributed by atoms with Gasteiger partial charge in [0.15, 0.2) is 0 Å². The van der Waals surface area contributed by atoms with Crippen molar-refractivity contribution in [1.29, 1.82) is 0 Å². The Balaban J connectivity index is 2.19. The Morgan fingerprint density at radius 2 is 1.90 bits per heavy atom. The van der Waals surface area contributed by atoms with Crippen molar-refractivity contribution < 1.29 is 4.74 Å². The Morgan fingerprint density at radius 1 is 1.19 bits per heavy atom. The molecular weight excluding hydrogens is 268 g/mol. The van der Waals surface area contributed by atoms with Crippen molar-refractivity contribution in [1.82, 2.24) is 15.0 Å². The third kappa shape index (κ3) is 4.03. The maximum absolute atomic E-state index is 5.38. The Labute approximate surface area is 124 Å². The summed E-state index contributed by atoms with van der Waals surface area (Å²) in [5, 5.41) is 0. The van der Waals surface area contributed by atoms with E-state index in [-0.39, 0.29) is 12.0 Å². The normalized spacial score (nSPS) is 10.3. The van der Waals surface area contributed by atoms with Crippen LogP contribution in [0, 0.1) is 6.92 Å². The highest BCUT2D eigenvalue weighted by Gasteiger charge is 2.11. The average molecular weight is 288 g/mol. The van der Waals surface area contributed by atoms with Crippen molar-refractivity contribution in [2.45, 2.75) is 20.4 Å². The largest absolute Gasteiger partial charge is 0.464 e. The van der Waals surface area contributed by atoms with Gasteiger partial charge >= 0.3 is 6.01 Å². The minimum atomic E-state index is 0.256. The lowest BCUT2D eigenvalue weighted by molar-refractivity contribution is 0.312. The second kappa shape index (κ2) is 6.85. The zero-order chi connectivity index (χ0) is 15.2. The van der Waals surface area contributed by atoms with Crippen LogP contribution in [0.1, 0.15) is 18.1 Å². The lowest BCUT2D eigenvalue weighted by Gasteiger charge is -2.18. The Morgan fingerprint density at radius 3 is 2.52 bits per heavy atom. The van der Waals surface area contributed by atoms with E-state index >= 15 is 0 Å². The Kier molecular flexibility index (Phi) is 4.89. The molecule has 0 spiro atoms. The SMILES string of the molecule is CCOc1nc(NN)nc(N(C)Cc2ccc(C)cc2)n1. The highest BCUT2D eigenvalue weighted by molar-refractivity contribution is 5.38. The molecule has 0 atom stereocenters. The Bertz CT molecular complexity index is 587. The van der Waals surface area contributed by atoms with Crippen LogP contribution in [0.25, 0.3) is 0 Å². The van der Waals surface area contributed by atoms with E-state index in [2.05, 4.69) is 51.6 Å². The van der Waals surface area contributed by atoms with E-state index in [4.69, 9.17) is 10.6 Å². The molecule has 1 heterocycles. The topological polar surface area (TPSA) is 89.2 Å². The van der Waals surface area contributed by atoms with Gasteiger partial charge in [0.05, 0.1) is 6.61 Å². The zero-order valence-corrected chi connectivity index (χ0v) is 12.5. The number of aromatic nitrogens is 3. The summed E-state index contributed by atoms with van der Waals surface area (Å²) in [6.45, 7) is 5.09. The van der Waals surface area contributed by atoms with Gasteiger partial charge in [-0.25, -0.2) is 5.84 Å². The summed E-state index contributed by atoms with van der Waals surface area (Å²) in [5.74, 6) is 6.16. The highest BCUT2D eigenvalue weighted by atomic mass is 16.5. The molecule has 0 saturated heterocycles. The number of hydrogen-bond donors (Lipinski definition) is 2. The van der Waals surface area contributed by atoms with Gasteiger partial charge in [-0.05, 0) is 19.4 Å². The molecule has 1 aromatic carbocycles. The molecule has 0 saturated carbocycles. The number of nitrogens with zero attached hydrogens (tertiary/aromatic N) is 4. The summed E-state index contributed by atoms with van der Waals surface area (Å²) in [4.78, 5) is 14.5. The lowest BCUT2D eigenvalue weighted by Crippen LogP contribution is -2.21. The molecule has 0 amide bonds. The van der Waals surface area contributed by atoms with Crippen LogP contribution in [0.4, 0.5) is 11.9 Å². The molecule has 21 heavy (non-hydrogen) atoms. The molecule has 0 aliphatic rings. The van der Waals surface area contributed by atoms with Gasteiger partial charge in [-0.1, -0.05) is 29.8 Å². The van der Waals surface area contributed by atoms with Crippen LogP contribution in [0.2, 0.25) is 0 Å². The van der Waals surface area contributed by atoms with Crippen LogP contribution in [0.5, 0.6) is 6.01 Å². The molecule has 1 aromatic heterocycles. The fourth-order valence-electron chi connectivity index (χ4n) is 1.81. The molecule has 0 unspecified atom stereocenters. The number of nitrogens with two attached hydrogens (primary N) is 1. The smallest absolute Gasteiger partial charge is 0.323 e. The Hall–Kier alpha value is -2.41. The van der Waals surface area contributed by atoms with Gasteiger partial charge in [0.2, 0.25) is 11.9 Å². The number of hydrogen-bond acceptors (Lipinski definition) is 7. The standard InChI is InChI=1S/C14H20N6O/c1-4-21-14-17-12(19-15)16-13(18-14)20(3)9-11-7-5-10(2)6-8-11/h5-8H,4,9,15H2,1-3H3,(H,16,17,18,19). The molecule has 2 aromatic rings. The van der Waals surface area contributed by atoms with Gasteiger partial charge in [-0.15, -0.1) is 0 Å². The first-order chi connectivity index (χ1) is 10.1. The van der Waals surface area contributed by atoms with Gasteiger partial charge in [0.25, 0.3) is 0 Å². The number of anilines is 2. The number of hydrazine groups is 1. The van der Waals surface area contributed by atoms with Crippen LogP contribution < -0.4 is 20.9 Å². The molecule has 0 aliphatic carbocycles. The van der Waals surface area contributed by atoms with Gasteiger partial charge in [0.1, 0.15) is 0 Å². The van der Waals surface area contributed by atoms with Gasteiger partial charge in [-0.2, -0.15) is 15.0 Å². The molecule has 0 radical (unpaired) electrons. The minimum absolute atomic E-state index is 0.256. The first kappa shape index (κ1) is 15.0. The van der Waals surface area contributed by atoms with E-state index < -0.39 is 0 Å². The summed E-state index contributed by atoms with van der Waals surface area (Å²) < 4.78 is 5.32. The van der Waals surface area contributed by atoms with Gasteiger partial charge in [0, 0.05) is 13.6 Å². The van der Waals surface area contributed by atoms with Crippen molar-refractivity contribution in [3.8, 4) is 6.01 Å². The molecule has 2 rings (SSSR count). The van der Waals surface area contributed by atoms with Crippen LogP contribution in [0.3, 0.4) is 0 Å². The average Bonchev–Trinajstić information content (AvgIpc) is 2.49. The fourth-order valence-corrected chi connectivity index (χ4v) is 1.81. The molecule has 7 heteroatoms. The number of benzene rings is 1. The monoisotopic (exact) mass is 288 g/mol. The summed E-state index contributed by atoms with van der Waals surface area (Å²) >= 11 is 0. The summed E-state index contributed by atoms with van der Waals surface area (Å²) in [5.41, 5.74) is 4.82.